The van der Waals surface area contributed by atoms with Crippen molar-refractivity contribution in [1.29, 1.82) is 0 Å². The Bertz CT molecular complexity index is 347. The lowest BCUT2D eigenvalue weighted by Crippen LogP contribution is -2.19. The van der Waals surface area contributed by atoms with Crippen molar-refractivity contribution in [1.82, 2.24) is 10.2 Å². The predicted molar refractivity (Wildman–Crippen MR) is 76.3 cm³/mol. The van der Waals surface area contributed by atoms with Crippen molar-refractivity contribution in [3.8, 4) is 0 Å². The molecule has 1 saturated heterocycles. The molecule has 3 heteroatoms. The molecule has 1 heterocycles. The fourth-order valence-corrected chi connectivity index (χ4v) is 2.59. The second-order valence-electron chi connectivity index (χ2n) is 5.40. The average molecular weight is 247 g/mol. The Morgan fingerprint density at radius 1 is 1.28 bits per heavy atom. The number of nitrogens with one attached hydrogen (secondary N) is 1. The minimum Gasteiger partial charge on any atom is -0.326 e. The van der Waals surface area contributed by atoms with Crippen LogP contribution in [0.1, 0.15) is 24.0 Å². The van der Waals surface area contributed by atoms with Crippen molar-refractivity contribution in [2.75, 3.05) is 26.7 Å². The van der Waals surface area contributed by atoms with Gasteiger partial charge in [-0.05, 0) is 50.0 Å². The average Bonchev–Trinajstić information content (AvgIpc) is 2.81. The number of hydrogen-bond acceptors (Lipinski definition) is 3. The van der Waals surface area contributed by atoms with E-state index in [2.05, 4.69) is 41.5 Å². The molecule has 0 saturated carbocycles. The number of benzene rings is 1. The lowest BCUT2D eigenvalue weighted by Gasteiger charge is -2.11. The van der Waals surface area contributed by atoms with Crippen molar-refractivity contribution >= 4 is 0 Å². The van der Waals surface area contributed by atoms with Crippen molar-refractivity contribution < 1.29 is 0 Å². The molecule has 1 aromatic carbocycles. The molecule has 3 nitrogen and oxygen atoms in total. The predicted octanol–water partition coefficient (Wildman–Crippen LogP) is 1.58. The molecule has 100 valence electrons. The first-order valence-electron chi connectivity index (χ1n) is 6.95. The number of nitrogens with zero attached hydrogens (tertiary/aromatic N) is 1. The maximum Gasteiger partial charge on any atom is 0.0205 e. The van der Waals surface area contributed by atoms with Gasteiger partial charge >= 0.3 is 0 Å². The molecule has 0 radical (unpaired) electrons. The summed E-state index contributed by atoms with van der Waals surface area (Å²) in [6.45, 7) is 5.26. The third-order valence-corrected chi connectivity index (χ3v) is 3.81. The molecule has 18 heavy (non-hydrogen) atoms. The molecule has 3 N–H and O–H groups in total. The van der Waals surface area contributed by atoms with E-state index in [0.717, 1.165) is 19.0 Å². The Labute approximate surface area is 110 Å². The van der Waals surface area contributed by atoms with Gasteiger partial charge in [0.05, 0.1) is 0 Å². The van der Waals surface area contributed by atoms with Gasteiger partial charge in [0.25, 0.3) is 0 Å². The second-order valence-corrected chi connectivity index (χ2v) is 5.40. The Hall–Kier alpha value is -0.900. The highest BCUT2D eigenvalue weighted by Crippen LogP contribution is 2.17. The SMILES string of the molecule is CN1CCC(CCNCc2ccc(CN)cc2)C1. The van der Waals surface area contributed by atoms with E-state index in [4.69, 9.17) is 5.73 Å². The summed E-state index contributed by atoms with van der Waals surface area (Å²) in [5.41, 5.74) is 8.13. The largest absolute Gasteiger partial charge is 0.326 e. The summed E-state index contributed by atoms with van der Waals surface area (Å²) in [6, 6.07) is 8.56. The third kappa shape index (κ3) is 4.09. The van der Waals surface area contributed by atoms with Crippen LogP contribution in [0, 0.1) is 5.92 Å². The van der Waals surface area contributed by atoms with Gasteiger partial charge in [-0.1, -0.05) is 24.3 Å². The molecule has 0 bridgehead atoms. The van der Waals surface area contributed by atoms with Gasteiger partial charge in [0.2, 0.25) is 0 Å². The lowest BCUT2D eigenvalue weighted by atomic mass is 10.1. The highest BCUT2D eigenvalue weighted by Gasteiger charge is 2.18. The van der Waals surface area contributed by atoms with Gasteiger partial charge < -0.3 is 16.0 Å². The van der Waals surface area contributed by atoms with Crippen LogP contribution < -0.4 is 11.1 Å². The molecule has 1 fully saturated rings. The Kier molecular flexibility index (Phi) is 5.17. The molecule has 0 aromatic heterocycles. The minimum atomic E-state index is 0.628. The molecular weight excluding hydrogens is 222 g/mol. The molecule has 1 aliphatic heterocycles. The smallest absolute Gasteiger partial charge is 0.0205 e. The first-order valence-corrected chi connectivity index (χ1v) is 6.95. The van der Waals surface area contributed by atoms with E-state index in [9.17, 15) is 0 Å². The highest BCUT2D eigenvalue weighted by molar-refractivity contribution is 5.22. The molecule has 1 unspecified atom stereocenters. The van der Waals surface area contributed by atoms with Gasteiger partial charge in [-0.25, -0.2) is 0 Å². The fourth-order valence-electron chi connectivity index (χ4n) is 2.59. The van der Waals surface area contributed by atoms with E-state index in [0.29, 0.717) is 6.54 Å². The zero-order valence-electron chi connectivity index (χ0n) is 11.4. The van der Waals surface area contributed by atoms with Crippen LogP contribution in [0.25, 0.3) is 0 Å². The van der Waals surface area contributed by atoms with Crippen LogP contribution in [0.15, 0.2) is 24.3 Å². The summed E-state index contributed by atoms with van der Waals surface area (Å²) in [5, 5.41) is 3.53. The van der Waals surface area contributed by atoms with Gasteiger partial charge in [0, 0.05) is 19.6 Å². The van der Waals surface area contributed by atoms with Crippen LogP contribution in [0.3, 0.4) is 0 Å². The van der Waals surface area contributed by atoms with Gasteiger partial charge in [0.1, 0.15) is 0 Å². The van der Waals surface area contributed by atoms with E-state index in [1.807, 2.05) is 0 Å². The van der Waals surface area contributed by atoms with Crippen LogP contribution in [-0.4, -0.2) is 31.6 Å². The second kappa shape index (κ2) is 6.88. The standard InChI is InChI=1S/C15H25N3/c1-18-9-7-15(12-18)6-8-17-11-14-4-2-13(10-16)3-5-14/h2-5,15,17H,6-12,16H2,1H3. The molecule has 0 aliphatic carbocycles. The van der Waals surface area contributed by atoms with Crippen LogP contribution in [0.5, 0.6) is 0 Å². The number of rotatable bonds is 6. The zero-order chi connectivity index (χ0) is 12.8. The van der Waals surface area contributed by atoms with E-state index in [1.165, 1.54) is 37.1 Å². The van der Waals surface area contributed by atoms with Crippen molar-refractivity contribution in [3.05, 3.63) is 35.4 Å². The van der Waals surface area contributed by atoms with Gasteiger partial charge in [0.15, 0.2) is 0 Å². The molecule has 1 aromatic rings. The summed E-state index contributed by atoms with van der Waals surface area (Å²) in [4.78, 5) is 2.43. The number of likely N-dealkylation sites (tertiary alicyclic amines) is 1. The summed E-state index contributed by atoms with van der Waals surface area (Å²) in [5.74, 6) is 0.891. The Morgan fingerprint density at radius 2 is 2.00 bits per heavy atom. The van der Waals surface area contributed by atoms with E-state index in [1.54, 1.807) is 0 Å². The van der Waals surface area contributed by atoms with Gasteiger partial charge in [-0.2, -0.15) is 0 Å². The molecule has 2 rings (SSSR count). The molecular formula is C15H25N3. The van der Waals surface area contributed by atoms with Crippen molar-refractivity contribution in [2.45, 2.75) is 25.9 Å². The summed E-state index contributed by atoms with van der Waals surface area (Å²) >= 11 is 0. The zero-order valence-corrected chi connectivity index (χ0v) is 11.4. The lowest BCUT2D eigenvalue weighted by molar-refractivity contribution is 0.385. The maximum atomic E-state index is 5.58. The Balaban J connectivity index is 1.62. The van der Waals surface area contributed by atoms with Crippen molar-refractivity contribution in [2.24, 2.45) is 11.7 Å². The van der Waals surface area contributed by atoms with Crippen molar-refractivity contribution in [3.63, 3.8) is 0 Å². The highest BCUT2D eigenvalue weighted by atomic mass is 15.1. The summed E-state index contributed by atoms with van der Waals surface area (Å²) < 4.78 is 0. The maximum absolute atomic E-state index is 5.58. The van der Waals surface area contributed by atoms with Crippen LogP contribution in [-0.2, 0) is 13.1 Å². The van der Waals surface area contributed by atoms with E-state index < -0.39 is 0 Å². The fraction of sp³-hybridized carbons (Fsp3) is 0.600. The molecule has 0 amide bonds. The first-order chi connectivity index (χ1) is 8.78. The van der Waals surface area contributed by atoms with Gasteiger partial charge in [-0.15, -0.1) is 0 Å². The minimum absolute atomic E-state index is 0.628. The van der Waals surface area contributed by atoms with Crippen LogP contribution in [0.2, 0.25) is 0 Å². The third-order valence-electron chi connectivity index (χ3n) is 3.81. The molecule has 1 aliphatic rings. The Morgan fingerprint density at radius 3 is 2.61 bits per heavy atom. The number of nitrogens with two attached hydrogens (primary N) is 1. The monoisotopic (exact) mass is 247 g/mol. The van der Waals surface area contributed by atoms with E-state index in [-0.39, 0.29) is 0 Å². The number of hydrogen-bond donors (Lipinski definition) is 2. The summed E-state index contributed by atoms with van der Waals surface area (Å²) in [6.07, 6.45) is 2.66. The van der Waals surface area contributed by atoms with Crippen LogP contribution in [0.4, 0.5) is 0 Å². The summed E-state index contributed by atoms with van der Waals surface area (Å²) in [7, 11) is 2.21. The van der Waals surface area contributed by atoms with Crippen LogP contribution >= 0.6 is 0 Å². The van der Waals surface area contributed by atoms with E-state index >= 15 is 0 Å². The quantitative estimate of drug-likeness (QED) is 0.750. The van der Waals surface area contributed by atoms with Gasteiger partial charge in [-0.3, -0.25) is 0 Å². The normalized spacial score (nSPS) is 20.4. The molecule has 0 spiro atoms. The first kappa shape index (κ1) is 13.5. The topological polar surface area (TPSA) is 41.3 Å². The molecule has 1 atom stereocenters.